The number of rotatable bonds is 4. The fraction of sp³-hybridized carbons (Fsp3) is 0. The van der Waals surface area contributed by atoms with E-state index in [1.54, 1.807) is 0 Å². The van der Waals surface area contributed by atoms with Gasteiger partial charge in [0, 0.05) is 38.2 Å². The molecule has 7 aromatic carbocycles. The molecule has 0 saturated carbocycles. The number of benzene rings is 7. The summed E-state index contributed by atoms with van der Waals surface area (Å²) in [7, 11) is 0. The summed E-state index contributed by atoms with van der Waals surface area (Å²) in [4.78, 5) is 0. The van der Waals surface area contributed by atoms with Crippen molar-refractivity contribution in [1.82, 2.24) is 9.13 Å². The summed E-state index contributed by atoms with van der Waals surface area (Å²) in [6.07, 6.45) is 0. The van der Waals surface area contributed by atoms with Crippen LogP contribution in [0.15, 0.2) is 146 Å². The van der Waals surface area contributed by atoms with Crippen molar-refractivity contribution in [3.05, 3.63) is 168 Å². The van der Waals surface area contributed by atoms with E-state index in [0.717, 1.165) is 77.2 Å². The summed E-state index contributed by atoms with van der Waals surface area (Å²) in [5, 5.41) is 42.9. The van der Waals surface area contributed by atoms with E-state index < -0.39 is 0 Å². The molecule has 2 heterocycles. The van der Waals surface area contributed by atoms with Crippen LogP contribution in [0.3, 0.4) is 0 Å². The molecular weight excluding hydrogens is 637 g/mol. The molecule has 52 heavy (non-hydrogen) atoms. The maximum absolute atomic E-state index is 9.87. The first-order chi connectivity index (χ1) is 25.6. The first kappa shape index (κ1) is 30.2. The highest BCUT2D eigenvalue weighted by molar-refractivity contribution is 6.13. The van der Waals surface area contributed by atoms with Gasteiger partial charge in [0.15, 0.2) is 0 Å². The van der Waals surface area contributed by atoms with Gasteiger partial charge < -0.3 is 9.13 Å². The van der Waals surface area contributed by atoms with Crippen LogP contribution in [0, 0.1) is 45.3 Å². The van der Waals surface area contributed by atoms with E-state index in [1.807, 2.05) is 103 Å². The molecule has 0 bridgehead atoms. The first-order valence-corrected chi connectivity index (χ1v) is 16.7. The molecule has 0 saturated heterocycles. The number of para-hydroxylation sites is 2. The Morgan fingerprint density at radius 1 is 0.346 bits per heavy atom. The molecule has 9 rings (SSSR count). The molecule has 0 aliphatic rings. The van der Waals surface area contributed by atoms with Crippen LogP contribution in [0.25, 0.3) is 77.2 Å². The number of nitrogens with zero attached hydrogens (tertiary/aromatic N) is 6. The van der Waals surface area contributed by atoms with Crippen LogP contribution in [0.4, 0.5) is 0 Å². The zero-order valence-corrected chi connectivity index (χ0v) is 27.5. The van der Waals surface area contributed by atoms with E-state index in [1.165, 1.54) is 0 Å². The lowest BCUT2D eigenvalue weighted by Gasteiger charge is -2.21. The molecule has 0 aliphatic heterocycles. The number of hydrogen-bond donors (Lipinski definition) is 0. The maximum atomic E-state index is 9.87. The lowest BCUT2D eigenvalue weighted by molar-refractivity contribution is 1.16. The second-order valence-corrected chi connectivity index (χ2v) is 12.6. The quantitative estimate of drug-likeness (QED) is 0.187. The standard InChI is InChI=1S/C46H24N6/c47-25-29-13-17-42-37(21-29)38-22-30(26-48)14-18-43(38)51(42)41-12-5-4-9-35(41)36-11-6-10-34(33-7-2-1-3-8-33)46(36)52-44-19-15-31(27-49)23-39(44)40-24-32(28-50)16-20-45(40)52/h1-24H. The molecule has 0 aliphatic carbocycles. The Morgan fingerprint density at radius 2 is 0.750 bits per heavy atom. The molecule has 0 fully saturated rings. The summed E-state index contributed by atoms with van der Waals surface area (Å²) >= 11 is 0. The molecule has 0 amide bonds. The van der Waals surface area contributed by atoms with Crippen LogP contribution in [-0.4, -0.2) is 9.13 Å². The summed E-state index contributed by atoms with van der Waals surface area (Å²) in [6.45, 7) is 0. The van der Waals surface area contributed by atoms with Crippen molar-refractivity contribution >= 4 is 43.6 Å². The molecule has 238 valence electrons. The Hall–Kier alpha value is -7.90. The number of hydrogen-bond acceptors (Lipinski definition) is 4. The normalized spacial score (nSPS) is 11.0. The van der Waals surface area contributed by atoms with Gasteiger partial charge in [-0.1, -0.05) is 66.7 Å². The Morgan fingerprint density at radius 3 is 1.23 bits per heavy atom. The molecule has 0 radical (unpaired) electrons. The highest BCUT2D eigenvalue weighted by atomic mass is 15.0. The van der Waals surface area contributed by atoms with Crippen molar-refractivity contribution in [2.75, 3.05) is 0 Å². The van der Waals surface area contributed by atoms with E-state index in [2.05, 4.69) is 75.9 Å². The summed E-state index contributed by atoms with van der Waals surface area (Å²) in [5.41, 5.74) is 11.7. The van der Waals surface area contributed by atoms with Gasteiger partial charge in [0.1, 0.15) is 0 Å². The van der Waals surface area contributed by atoms with Crippen molar-refractivity contribution in [3.63, 3.8) is 0 Å². The largest absolute Gasteiger partial charge is 0.309 e. The zero-order chi connectivity index (χ0) is 35.3. The number of fused-ring (bicyclic) bond motifs is 6. The Labute approximate surface area is 298 Å². The summed E-state index contributed by atoms with van der Waals surface area (Å²) in [6, 6.07) is 56.9. The second kappa shape index (κ2) is 11.9. The van der Waals surface area contributed by atoms with Gasteiger partial charge in [-0.2, -0.15) is 21.0 Å². The predicted octanol–water partition coefficient (Wildman–Crippen LogP) is 10.7. The Kier molecular flexibility index (Phi) is 6.91. The molecule has 2 aromatic heterocycles. The van der Waals surface area contributed by atoms with Gasteiger partial charge in [-0.3, -0.25) is 0 Å². The first-order valence-electron chi connectivity index (χ1n) is 16.7. The van der Waals surface area contributed by atoms with Crippen LogP contribution in [0.5, 0.6) is 0 Å². The van der Waals surface area contributed by atoms with E-state index in [4.69, 9.17) is 0 Å². The average molecular weight is 661 g/mol. The van der Waals surface area contributed by atoms with Crippen LogP contribution < -0.4 is 0 Å². The van der Waals surface area contributed by atoms with E-state index in [0.29, 0.717) is 22.3 Å². The fourth-order valence-electron chi connectivity index (χ4n) is 7.57. The molecule has 0 spiro atoms. The molecule has 6 nitrogen and oxygen atoms in total. The predicted molar refractivity (Wildman–Crippen MR) is 205 cm³/mol. The van der Waals surface area contributed by atoms with Gasteiger partial charge >= 0.3 is 0 Å². The number of aromatic nitrogens is 2. The van der Waals surface area contributed by atoms with Crippen LogP contribution in [0.2, 0.25) is 0 Å². The second-order valence-electron chi connectivity index (χ2n) is 12.6. The lowest BCUT2D eigenvalue weighted by atomic mass is 9.94. The highest BCUT2D eigenvalue weighted by Gasteiger charge is 2.23. The van der Waals surface area contributed by atoms with Crippen LogP contribution in [-0.2, 0) is 0 Å². The molecular formula is C46H24N6. The Bertz CT molecular complexity index is 2970. The highest BCUT2D eigenvalue weighted by Crippen LogP contribution is 2.44. The minimum absolute atomic E-state index is 0.543. The third kappa shape index (κ3) is 4.54. The summed E-state index contributed by atoms with van der Waals surface area (Å²) < 4.78 is 4.47. The maximum Gasteiger partial charge on any atom is 0.0991 e. The van der Waals surface area contributed by atoms with Gasteiger partial charge in [0.2, 0.25) is 0 Å². The van der Waals surface area contributed by atoms with Gasteiger partial charge in [0.25, 0.3) is 0 Å². The third-order valence-corrected chi connectivity index (χ3v) is 9.83. The minimum Gasteiger partial charge on any atom is -0.309 e. The van der Waals surface area contributed by atoms with Crippen molar-refractivity contribution in [2.45, 2.75) is 0 Å². The van der Waals surface area contributed by atoms with Gasteiger partial charge in [-0.05, 0) is 84.4 Å². The Balaban J connectivity index is 1.43. The van der Waals surface area contributed by atoms with Gasteiger partial charge in [-0.25, -0.2) is 0 Å². The van der Waals surface area contributed by atoms with E-state index >= 15 is 0 Å². The van der Waals surface area contributed by atoms with Gasteiger partial charge in [-0.15, -0.1) is 0 Å². The minimum atomic E-state index is 0.543. The fourth-order valence-corrected chi connectivity index (χ4v) is 7.57. The third-order valence-electron chi connectivity index (χ3n) is 9.83. The average Bonchev–Trinajstić information content (AvgIpc) is 3.71. The van der Waals surface area contributed by atoms with Crippen molar-refractivity contribution in [1.29, 1.82) is 21.0 Å². The molecule has 6 heteroatoms. The smallest absolute Gasteiger partial charge is 0.0991 e. The molecule has 0 atom stereocenters. The monoisotopic (exact) mass is 660 g/mol. The lowest BCUT2D eigenvalue weighted by Crippen LogP contribution is -2.03. The van der Waals surface area contributed by atoms with Crippen LogP contribution in [0.1, 0.15) is 22.3 Å². The number of nitriles is 4. The molecule has 0 unspecified atom stereocenters. The van der Waals surface area contributed by atoms with E-state index in [-0.39, 0.29) is 0 Å². The summed E-state index contributed by atoms with van der Waals surface area (Å²) in [5.74, 6) is 0. The SMILES string of the molecule is N#Cc1ccc2c(c1)c1cc(C#N)ccc1n2-c1ccccc1-c1cccc(-c2ccccc2)c1-n1c2ccc(C#N)cc2c2cc(C#N)ccc21. The van der Waals surface area contributed by atoms with E-state index in [9.17, 15) is 21.0 Å². The van der Waals surface area contributed by atoms with Crippen molar-refractivity contribution in [2.24, 2.45) is 0 Å². The van der Waals surface area contributed by atoms with Gasteiger partial charge in [0.05, 0.1) is 80.0 Å². The van der Waals surface area contributed by atoms with Crippen LogP contribution >= 0.6 is 0 Å². The molecule has 9 aromatic rings. The topological polar surface area (TPSA) is 105 Å². The zero-order valence-electron chi connectivity index (χ0n) is 27.5. The van der Waals surface area contributed by atoms with Crippen molar-refractivity contribution < 1.29 is 0 Å². The molecule has 0 N–H and O–H groups in total. The van der Waals surface area contributed by atoms with Crippen molar-refractivity contribution in [3.8, 4) is 57.9 Å².